The zero-order chi connectivity index (χ0) is 37.7. The van der Waals surface area contributed by atoms with Crippen molar-refractivity contribution in [2.45, 2.75) is 90.0 Å². The Labute approximate surface area is 303 Å². The summed E-state index contributed by atoms with van der Waals surface area (Å²) < 4.78 is 0. The molecule has 0 aliphatic heterocycles. The number of H-pyrrole nitrogens is 1. The second kappa shape index (κ2) is 19.7. The van der Waals surface area contributed by atoms with E-state index in [9.17, 15) is 34.2 Å². The molecule has 4 amide bonds. The minimum atomic E-state index is -1.20. The Hall–Kier alpha value is -4.56. The van der Waals surface area contributed by atoms with E-state index in [2.05, 4.69) is 26.3 Å². The number of thioether (sulfide) groups is 1. The van der Waals surface area contributed by atoms with Crippen molar-refractivity contribution in [3.63, 3.8) is 0 Å². The minimum Gasteiger partial charge on any atom is -0.508 e. The van der Waals surface area contributed by atoms with Crippen LogP contribution in [0.15, 0.2) is 54.7 Å². The molecule has 278 valence electrons. The van der Waals surface area contributed by atoms with Crippen molar-refractivity contribution in [1.82, 2.24) is 26.3 Å². The van der Waals surface area contributed by atoms with E-state index in [1.54, 1.807) is 19.1 Å². The fraction of sp³-hybridized carbons (Fsp3) is 0.486. The summed E-state index contributed by atoms with van der Waals surface area (Å²) in [5.41, 5.74) is 8.72. The summed E-state index contributed by atoms with van der Waals surface area (Å²) in [5.74, 6) is -3.47. The van der Waals surface area contributed by atoms with E-state index in [1.807, 2.05) is 57.5 Å². The van der Waals surface area contributed by atoms with Crippen LogP contribution in [0.2, 0.25) is 0 Å². The predicted octanol–water partition coefficient (Wildman–Crippen LogP) is 2.86. The van der Waals surface area contributed by atoms with Crippen LogP contribution in [0.4, 0.5) is 0 Å². The smallest absolute Gasteiger partial charge is 0.326 e. The summed E-state index contributed by atoms with van der Waals surface area (Å²) >= 11 is 1.44. The van der Waals surface area contributed by atoms with E-state index in [-0.39, 0.29) is 43.3 Å². The quantitative estimate of drug-likeness (QED) is 0.0859. The average molecular weight is 725 g/mol. The van der Waals surface area contributed by atoms with Crippen molar-refractivity contribution in [2.75, 3.05) is 12.0 Å². The number of phenols is 1. The van der Waals surface area contributed by atoms with Crippen molar-refractivity contribution >= 4 is 52.3 Å². The number of aromatic hydroxyl groups is 1. The Bertz CT molecular complexity index is 1630. The van der Waals surface area contributed by atoms with Crippen molar-refractivity contribution in [2.24, 2.45) is 17.6 Å². The van der Waals surface area contributed by atoms with Gasteiger partial charge in [-0.1, -0.05) is 64.4 Å². The van der Waals surface area contributed by atoms with Gasteiger partial charge in [0.05, 0.1) is 6.04 Å². The summed E-state index contributed by atoms with van der Waals surface area (Å²) in [4.78, 5) is 69.6. The molecule has 1 heterocycles. The summed E-state index contributed by atoms with van der Waals surface area (Å²) in [7, 11) is 0. The predicted molar refractivity (Wildman–Crippen MR) is 199 cm³/mol. The molecule has 0 radical (unpaired) electrons. The summed E-state index contributed by atoms with van der Waals surface area (Å²) in [6.07, 6.45) is 4.84. The van der Waals surface area contributed by atoms with Gasteiger partial charge in [-0.15, -0.1) is 0 Å². The molecular formula is C37H52N6O7S. The molecule has 6 atom stereocenters. The van der Waals surface area contributed by atoms with Crippen LogP contribution < -0.4 is 27.0 Å². The summed E-state index contributed by atoms with van der Waals surface area (Å²) in [6, 6.07) is 8.38. The van der Waals surface area contributed by atoms with Crippen LogP contribution in [-0.4, -0.2) is 87.0 Å². The second-order valence-electron chi connectivity index (χ2n) is 13.3. The third-order valence-corrected chi connectivity index (χ3v) is 9.46. The Morgan fingerprint density at radius 3 is 2.08 bits per heavy atom. The molecule has 2 aromatic carbocycles. The zero-order valence-corrected chi connectivity index (χ0v) is 30.7. The molecule has 0 aliphatic carbocycles. The molecule has 0 spiro atoms. The number of carbonyl (C=O) groups is 5. The lowest BCUT2D eigenvalue weighted by Crippen LogP contribution is -2.60. The van der Waals surface area contributed by atoms with Crippen LogP contribution >= 0.6 is 11.8 Å². The highest BCUT2D eigenvalue weighted by Crippen LogP contribution is 2.19. The molecule has 1 aromatic heterocycles. The zero-order valence-electron chi connectivity index (χ0n) is 29.9. The van der Waals surface area contributed by atoms with Crippen LogP contribution in [0.1, 0.15) is 58.1 Å². The summed E-state index contributed by atoms with van der Waals surface area (Å²) in [5, 5.41) is 31.3. The number of aliphatic carboxylic acids is 1. The van der Waals surface area contributed by atoms with Crippen LogP contribution in [0.5, 0.6) is 5.75 Å². The number of carbonyl (C=O) groups excluding carboxylic acids is 4. The van der Waals surface area contributed by atoms with E-state index in [0.29, 0.717) is 17.7 Å². The molecule has 0 saturated heterocycles. The Balaban J connectivity index is 1.79. The number of rotatable bonds is 20. The fourth-order valence-electron chi connectivity index (χ4n) is 5.67. The second-order valence-corrected chi connectivity index (χ2v) is 14.3. The number of aromatic amines is 1. The van der Waals surface area contributed by atoms with E-state index in [1.165, 1.54) is 23.9 Å². The lowest BCUT2D eigenvalue weighted by molar-refractivity contribution is -0.142. The molecular weight excluding hydrogens is 673 g/mol. The van der Waals surface area contributed by atoms with Gasteiger partial charge in [-0.05, 0) is 72.4 Å². The van der Waals surface area contributed by atoms with Gasteiger partial charge in [-0.3, -0.25) is 19.2 Å². The molecule has 0 saturated carbocycles. The number of nitrogens with one attached hydrogen (secondary N) is 5. The lowest BCUT2D eigenvalue weighted by atomic mass is 9.95. The number of para-hydroxylation sites is 1. The molecule has 0 unspecified atom stereocenters. The van der Waals surface area contributed by atoms with E-state index in [4.69, 9.17) is 5.73 Å². The maximum absolute atomic E-state index is 13.9. The number of aromatic nitrogens is 1. The van der Waals surface area contributed by atoms with Crippen LogP contribution in [0, 0.1) is 11.8 Å². The maximum Gasteiger partial charge on any atom is 0.326 e. The first kappa shape index (κ1) is 40.9. The highest BCUT2D eigenvalue weighted by atomic mass is 32.2. The Morgan fingerprint density at radius 2 is 1.45 bits per heavy atom. The van der Waals surface area contributed by atoms with Crippen LogP contribution in [0.3, 0.4) is 0 Å². The normalized spacial score (nSPS) is 14.9. The molecule has 0 fully saturated rings. The number of fused-ring (bicyclic) bond motifs is 1. The molecule has 0 bridgehead atoms. The van der Waals surface area contributed by atoms with Gasteiger partial charge in [-0.2, -0.15) is 11.8 Å². The first-order chi connectivity index (χ1) is 24.2. The Morgan fingerprint density at radius 1 is 0.824 bits per heavy atom. The first-order valence-electron chi connectivity index (χ1n) is 17.3. The van der Waals surface area contributed by atoms with E-state index in [0.717, 1.165) is 16.5 Å². The van der Waals surface area contributed by atoms with Gasteiger partial charge in [-0.25, -0.2) is 4.79 Å². The molecule has 51 heavy (non-hydrogen) atoms. The maximum atomic E-state index is 13.9. The number of phenolic OH excluding ortho intramolecular Hbond substituents is 1. The van der Waals surface area contributed by atoms with Crippen molar-refractivity contribution in [1.29, 1.82) is 0 Å². The van der Waals surface area contributed by atoms with Gasteiger partial charge in [0, 0.05) is 23.5 Å². The van der Waals surface area contributed by atoms with Gasteiger partial charge in [0.25, 0.3) is 0 Å². The van der Waals surface area contributed by atoms with Crippen molar-refractivity contribution in [3.8, 4) is 5.75 Å². The highest BCUT2D eigenvalue weighted by molar-refractivity contribution is 7.98. The highest BCUT2D eigenvalue weighted by Gasteiger charge is 2.34. The number of hydrogen-bond acceptors (Lipinski definition) is 8. The fourth-order valence-corrected chi connectivity index (χ4v) is 6.14. The molecule has 0 aliphatic rings. The molecule has 3 rings (SSSR count). The number of amides is 4. The first-order valence-corrected chi connectivity index (χ1v) is 18.6. The molecule has 3 aromatic rings. The largest absolute Gasteiger partial charge is 0.508 e. The summed E-state index contributed by atoms with van der Waals surface area (Å²) in [6.45, 7) is 7.47. The van der Waals surface area contributed by atoms with E-state index >= 15 is 0 Å². The molecule has 9 N–H and O–H groups in total. The SMILES string of the molecule is CC[C@@H](C)[C@@H](NC(=O)[C@@H](CC(C)C)NC(=O)[C@H](N)Cc1c[nH]c2ccccc12)C(=O)N[C@H](Cc1ccc(O)cc1)C(=O)N[C@H](CCSC)C(=O)O. The molecule has 14 heteroatoms. The number of carboxylic acid groups (broad SMARTS) is 1. The van der Waals surface area contributed by atoms with Gasteiger partial charge in [0.1, 0.15) is 29.9 Å². The number of hydrogen-bond donors (Lipinski definition) is 8. The third kappa shape index (κ3) is 12.3. The lowest BCUT2D eigenvalue weighted by Gasteiger charge is -2.29. The topological polar surface area (TPSA) is 216 Å². The van der Waals surface area contributed by atoms with Crippen molar-refractivity contribution < 1.29 is 34.2 Å². The van der Waals surface area contributed by atoms with Gasteiger partial charge in [0.2, 0.25) is 23.6 Å². The number of benzene rings is 2. The average Bonchev–Trinajstić information content (AvgIpc) is 3.50. The minimum absolute atomic E-state index is 0.00571. The number of nitrogens with two attached hydrogens (primary N) is 1. The molecule has 13 nitrogen and oxygen atoms in total. The van der Waals surface area contributed by atoms with E-state index < -0.39 is 59.8 Å². The van der Waals surface area contributed by atoms with Crippen LogP contribution in [-0.2, 0) is 36.8 Å². The van der Waals surface area contributed by atoms with Gasteiger partial charge < -0.3 is 42.2 Å². The Kier molecular flexibility index (Phi) is 15.8. The van der Waals surface area contributed by atoms with Crippen molar-refractivity contribution in [3.05, 3.63) is 65.9 Å². The number of carboxylic acids is 1. The standard InChI is InChI=1S/C37H52N6O7S/c1-6-22(4)32(36(48)42-31(18-23-11-13-25(44)14-12-23)34(46)40-29(37(49)50)15-16-51-5)43-35(47)30(17-21(2)3)41-33(45)27(38)19-24-20-39-28-10-8-7-9-26(24)28/h7-14,20-22,27,29-32,39,44H,6,15-19,38H2,1-5H3,(H,40,46)(H,41,45)(H,42,48)(H,43,47)(H,49,50)/t22-,27-,29-,30-,31-,32-/m1/s1. The third-order valence-electron chi connectivity index (χ3n) is 8.82. The monoisotopic (exact) mass is 724 g/mol. The van der Waals surface area contributed by atoms with Gasteiger partial charge in [0.15, 0.2) is 0 Å². The van der Waals surface area contributed by atoms with Gasteiger partial charge >= 0.3 is 5.97 Å². The van der Waals surface area contributed by atoms with Crippen LogP contribution in [0.25, 0.3) is 10.9 Å².